The molecule has 0 saturated heterocycles. The van der Waals surface area contributed by atoms with Crippen molar-refractivity contribution >= 4 is 22.8 Å². The van der Waals surface area contributed by atoms with E-state index in [1.54, 1.807) is 13.8 Å². The lowest BCUT2D eigenvalue weighted by atomic mass is 9.84. The molecule has 0 aromatic rings. The zero-order chi connectivity index (χ0) is 9.07. The van der Waals surface area contributed by atoms with Gasteiger partial charge in [0.15, 0.2) is 0 Å². The van der Waals surface area contributed by atoms with Gasteiger partial charge >= 0.3 is 5.97 Å². The van der Waals surface area contributed by atoms with Crippen molar-refractivity contribution in [3.63, 3.8) is 0 Å². The van der Waals surface area contributed by atoms with Gasteiger partial charge in [-0.15, -0.1) is 0 Å². The van der Waals surface area contributed by atoms with Crippen LogP contribution in [-0.4, -0.2) is 16.3 Å². The van der Waals surface area contributed by atoms with E-state index < -0.39 is 16.6 Å². The van der Waals surface area contributed by atoms with Crippen LogP contribution in [-0.2, 0) is 9.59 Å². The lowest BCUT2D eigenvalue weighted by Gasteiger charge is -2.20. The minimum atomic E-state index is -1.37. The van der Waals surface area contributed by atoms with Crippen LogP contribution in [0, 0.1) is 5.41 Å². The molecule has 0 spiro atoms. The molecule has 1 N–H and O–H groups in total. The second-order valence-electron chi connectivity index (χ2n) is 2.37. The number of hydrogen-bond acceptors (Lipinski definition) is 2. The summed E-state index contributed by atoms with van der Waals surface area (Å²) in [5.41, 5.74) is -1.37. The summed E-state index contributed by atoms with van der Waals surface area (Å²) in [5, 5.41) is 7.91. The van der Waals surface area contributed by atoms with E-state index in [0.29, 0.717) is 0 Å². The standard InChI is InChI=1S/C7H11ClO3/c1-3-7(4-2,5(8)9)6(10)11/h3-4H2,1-2H3,(H,10,11). The van der Waals surface area contributed by atoms with Crippen LogP contribution in [0.25, 0.3) is 0 Å². The van der Waals surface area contributed by atoms with E-state index in [4.69, 9.17) is 16.7 Å². The highest BCUT2D eigenvalue weighted by atomic mass is 35.5. The number of carbonyl (C=O) groups excluding carboxylic acids is 1. The second kappa shape index (κ2) is 3.72. The Bertz CT molecular complexity index is 157. The molecule has 0 unspecified atom stereocenters. The number of rotatable bonds is 4. The SMILES string of the molecule is CCC(CC)(C(=O)O)C(=O)Cl. The van der Waals surface area contributed by atoms with E-state index in [1.165, 1.54) is 0 Å². The van der Waals surface area contributed by atoms with Crippen LogP contribution in [0.2, 0.25) is 0 Å². The van der Waals surface area contributed by atoms with E-state index in [2.05, 4.69) is 0 Å². The monoisotopic (exact) mass is 178 g/mol. The molecular weight excluding hydrogens is 168 g/mol. The minimum Gasteiger partial charge on any atom is -0.480 e. The fraction of sp³-hybridized carbons (Fsp3) is 0.714. The lowest BCUT2D eigenvalue weighted by Crippen LogP contribution is -2.35. The number of hydrogen-bond donors (Lipinski definition) is 1. The summed E-state index contributed by atoms with van der Waals surface area (Å²) < 4.78 is 0. The van der Waals surface area contributed by atoms with E-state index in [9.17, 15) is 9.59 Å². The molecule has 0 heterocycles. The molecule has 0 fully saturated rings. The van der Waals surface area contributed by atoms with Gasteiger partial charge in [-0.05, 0) is 24.4 Å². The predicted molar refractivity (Wildman–Crippen MR) is 41.5 cm³/mol. The highest BCUT2D eigenvalue weighted by Crippen LogP contribution is 2.29. The normalized spacial score (nSPS) is 11.2. The molecule has 0 aromatic carbocycles. The molecule has 0 saturated carbocycles. The first-order valence-electron chi connectivity index (χ1n) is 3.44. The Morgan fingerprint density at radius 3 is 1.73 bits per heavy atom. The molecular formula is C7H11ClO3. The molecule has 64 valence electrons. The van der Waals surface area contributed by atoms with Gasteiger partial charge in [-0.2, -0.15) is 0 Å². The van der Waals surface area contributed by atoms with Gasteiger partial charge in [0.1, 0.15) is 5.41 Å². The first-order chi connectivity index (χ1) is 5.01. The van der Waals surface area contributed by atoms with Crippen molar-refractivity contribution in [1.29, 1.82) is 0 Å². The Morgan fingerprint density at radius 1 is 1.36 bits per heavy atom. The Morgan fingerprint density at radius 2 is 1.73 bits per heavy atom. The van der Waals surface area contributed by atoms with Crippen LogP contribution in [0.4, 0.5) is 0 Å². The van der Waals surface area contributed by atoms with Gasteiger partial charge in [-0.1, -0.05) is 13.8 Å². The van der Waals surface area contributed by atoms with Crippen LogP contribution >= 0.6 is 11.6 Å². The minimum absolute atomic E-state index is 0.237. The average molecular weight is 179 g/mol. The zero-order valence-electron chi connectivity index (χ0n) is 6.56. The van der Waals surface area contributed by atoms with Crippen molar-refractivity contribution < 1.29 is 14.7 Å². The third-order valence-electron chi connectivity index (χ3n) is 1.99. The molecule has 0 aliphatic rings. The van der Waals surface area contributed by atoms with Crippen LogP contribution in [0.1, 0.15) is 26.7 Å². The van der Waals surface area contributed by atoms with Gasteiger partial charge in [-0.25, -0.2) is 0 Å². The molecule has 0 aromatic heterocycles. The first kappa shape index (κ1) is 10.4. The van der Waals surface area contributed by atoms with Gasteiger partial charge in [0.2, 0.25) is 5.24 Å². The van der Waals surface area contributed by atoms with Crippen LogP contribution in [0.3, 0.4) is 0 Å². The van der Waals surface area contributed by atoms with Crippen LogP contribution in [0.15, 0.2) is 0 Å². The smallest absolute Gasteiger partial charge is 0.318 e. The average Bonchev–Trinajstić information content (AvgIpc) is 1.90. The summed E-state index contributed by atoms with van der Waals surface area (Å²) in [5.74, 6) is -1.14. The largest absolute Gasteiger partial charge is 0.480 e. The summed E-state index contributed by atoms with van der Waals surface area (Å²) in [7, 11) is 0. The molecule has 0 amide bonds. The third kappa shape index (κ3) is 1.71. The van der Waals surface area contributed by atoms with Crippen molar-refractivity contribution in [3.8, 4) is 0 Å². The summed E-state index contributed by atoms with van der Waals surface area (Å²) in [6.07, 6.45) is 0.475. The summed E-state index contributed by atoms with van der Waals surface area (Å²) in [6, 6.07) is 0. The van der Waals surface area contributed by atoms with Crippen molar-refractivity contribution in [2.75, 3.05) is 0 Å². The number of halogens is 1. The van der Waals surface area contributed by atoms with Gasteiger partial charge < -0.3 is 5.11 Å². The molecule has 4 heteroatoms. The molecule has 0 aliphatic heterocycles. The molecule has 11 heavy (non-hydrogen) atoms. The number of aliphatic carboxylic acids is 1. The Labute approximate surface area is 70.3 Å². The highest BCUT2D eigenvalue weighted by molar-refractivity contribution is 6.66. The second-order valence-corrected chi connectivity index (χ2v) is 2.71. The van der Waals surface area contributed by atoms with Crippen molar-refractivity contribution in [2.45, 2.75) is 26.7 Å². The zero-order valence-corrected chi connectivity index (χ0v) is 7.31. The predicted octanol–water partition coefficient (Wildman–Crippen LogP) is 1.64. The fourth-order valence-corrected chi connectivity index (χ4v) is 1.26. The molecule has 0 rings (SSSR count). The van der Waals surface area contributed by atoms with E-state index in [1.807, 2.05) is 0 Å². The molecule has 0 radical (unpaired) electrons. The number of carboxylic acid groups (broad SMARTS) is 1. The molecule has 0 atom stereocenters. The maximum Gasteiger partial charge on any atom is 0.318 e. The van der Waals surface area contributed by atoms with E-state index in [0.717, 1.165) is 0 Å². The Balaban J connectivity index is 4.76. The summed E-state index contributed by atoms with van der Waals surface area (Å²) >= 11 is 5.18. The third-order valence-corrected chi connectivity index (χ3v) is 2.35. The van der Waals surface area contributed by atoms with Gasteiger partial charge in [-0.3, -0.25) is 9.59 Å². The van der Waals surface area contributed by atoms with Crippen LogP contribution in [0.5, 0.6) is 0 Å². The fourth-order valence-electron chi connectivity index (χ4n) is 0.914. The lowest BCUT2D eigenvalue weighted by molar-refractivity contribution is -0.152. The maximum atomic E-state index is 10.8. The van der Waals surface area contributed by atoms with Gasteiger partial charge in [0, 0.05) is 0 Å². The van der Waals surface area contributed by atoms with Crippen molar-refractivity contribution in [1.82, 2.24) is 0 Å². The molecule has 0 bridgehead atoms. The Hall–Kier alpha value is -0.570. The maximum absolute atomic E-state index is 10.8. The van der Waals surface area contributed by atoms with Gasteiger partial charge in [0.25, 0.3) is 0 Å². The number of carbonyl (C=O) groups is 2. The molecule has 3 nitrogen and oxygen atoms in total. The van der Waals surface area contributed by atoms with E-state index in [-0.39, 0.29) is 12.8 Å². The van der Waals surface area contributed by atoms with Crippen molar-refractivity contribution in [3.05, 3.63) is 0 Å². The summed E-state index contributed by atoms with van der Waals surface area (Å²) in [6.45, 7) is 3.27. The van der Waals surface area contributed by atoms with Crippen LogP contribution < -0.4 is 0 Å². The highest BCUT2D eigenvalue weighted by Gasteiger charge is 2.41. The number of carboxylic acids is 1. The Kier molecular flexibility index (Phi) is 3.52. The molecule has 0 aliphatic carbocycles. The first-order valence-corrected chi connectivity index (χ1v) is 3.82. The summed E-state index contributed by atoms with van der Waals surface area (Å²) in [4.78, 5) is 21.4. The van der Waals surface area contributed by atoms with Crippen molar-refractivity contribution in [2.24, 2.45) is 5.41 Å². The van der Waals surface area contributed by atoms with Gasteiger partial charge in [0.05, 0.1) is 0 Å². The quantitative estimate of drug-likeness (QED) is 0.526. The topological polar surface area (TPSA) is 54.4 Å². The van der Waals surface area contributed by atoms with E-state index >= 15 is 0 Å².